The first-order chi connectivity index (χ1) is 13.3. The predicted molar refractivity (Wildman–Crippen MR) is 110 cm³/mol. The van der Waals surface area contributed by atoms with Gasteiger partial charge in [-0.3, -0.25) is 4.79 Å². The van der Waals surface area contributed by atoms with Crippen LogP contribution >= 0.6 is 0 Å². The van der Waals surface area contributed by atoms with Gasteiger partial charge < -0.3 is 10.3 Å². The molecule has 0 saturated heterocycles. The normalized spacial score (nSPS) is 12.1. The second-order valence-corrected chi connectivity index (χ2v) is 6.65. The minimum Gasteiger partial charge on any atom is -0.360 e. The number of para-hydroxylation sites is 1. The Morgan fingerprint density at radius 2 is 1.52 bits per heavy atom. The van der Waals surface area contributed by atoms with Crippen LogP contribution in [0.25, 0.3) is 10.9 Å². The summed E-state index contributed by atoms with van der Waals surface area (Å²) in [5, 5.41) is 4.44. The van der Waals surface area contributed by atoms with Crippen LogP contribution in [0.1, 0.15) is 27.5 Å². The van der Waals surface area contributed by atoms with Crippen molar-refractivity contribution < 1.29 is 4.79 Å². The Balaban J connectivity index is 1.59. The molecule has 1 heterocycles. The monoisotopic (exact) mass is 354 g/mol. The van der Waals surface area contributed by atoms with Crippen LogP contribution in [0.4, 0.5) is 0 Å². The summed E-state index contributed by atoms with van der Waals surface area (Å²) in [6, 6.07) is 27.8. The molecule has 1 aromatic heterocycles. The summed E-state index contributed by atoms with van der Waals surface area (Å²) >= 11 is 0. The molecule has 0 fully saturated rings. The lowest BCUT2D eigenvalue weighted by molar-refractivity contribution is 0.0945. The van der Waals surface area contributed by atoms with Crippen LogP contribution < -0.4 is 5.32 Å². The van der Waals surface area contributed by atoms with Crippen molar-refractivity contribution in [2.24, 2.45) is 0 Å². The van der Waals surface area contributed by atoms with Gasteiger partial charge in [-0.25, -0.2) is 0 Å². The number of fused-ring (bicyclic) bond motifs is 1. The number of nitrogens with one attached hydrogen (secondary N) is 2. The van der Waals surface area contributed by atoms with Crippen molar-refractivity contribution in [1.29, 1.82) is 0 Å². The molecule has 0 spiro atoms. The minimum atomic E-state index is -0.367. The molecule has 134 valence electrons. The molecule has 0 aliphatic rings. The van der Waals surface area contributed by atoms with Crippen LogP contribution in [0.2, 0.25) is 0 Å². The van der Waals surface area contributed by atoms with E-state index in [0.717, 1.165) is 35.0 Å². The molecule has 0 unspecified atom stereocenters. The largest absolute Gasteiger partial charge is 0.360 e. The van der Waals surface area contributed by atoms with Crippen LogP contribution in [-0.4, -0.2) is 17.3 Å². The third kappa shape index (κ3) is 3.83. The summed E-state index contributed by atoms with van der Waals surface area (Å²) in [5.41, 5.74) is 3.96. The molecular formula is C24H22N2O. The number of rotatable bonds is 7. The van der Waals surface area contributed by atoms with E-state index in [1.807, 2.05) is 79.0 Å². The lowest BCUT2D eigenvalue weighted by atomic mass is 9.96. The highest BCUT2D eigenvalue weighted by Crippen LogP contribution is 2.24. The van der Waals surface area contributed by atoms with Crippen LogP contribution in [0.5, 0.6) is 0 Å². The van der Waals surface area contributed by atoms with Gasteiger partial charge in [-0.2, -0.15) is 0 Å². The molecule has 0 radical (unpaired) electrons. The quantitative estimate of drug-likeness (QED) is 0.463. The van der Waals surface area contributed by atoms with Crippen molar-refractivity contribution in [3.63, 3.8) is 0 Å². The average molecular weight is 354 g/mol. The van der Waals surface area contributed by atoms with Gasteiger partial charge in [0.25, 0.3) is 0 Å². The van der Waals surface area contributed by atoms with E-state index >= 15 is 0 Å². The second kappa shape index (κ2) is 8.02. The summed E-state index contributed by atoms with van der Waals surface area (Å²) in [4.78, 5) is 16.6. The van der Waals surface area contributed by atoms with Gasteiger partial charge in [0, 0.05) is 29.2 Å². The predicted octanol–water partition coefficient (Wildman–Crippen LogP) is 4.92. The number of hydrogen-bond donors (Lipinski definition) is 2. The summed E-state index contributed by atoms with van der Waals surface area (Å²) in [6.07, 6.45) is 2.70. The third-order valence-electron chi connectivity index (χ3n) is 4.85. The van der Waals surface area contributed by atoms with E-state index in [9.17, 15) is 4.79 Å². The van der Waals surface area contributed by atoms with Crippen LogP contribution in [-0.2, 0) is 6.42 Å². The number of ketones is 1. The smallest absolute Gasteiger partial charge is 0.186 e. The van der Waals surface area contributed by atoms with Crippen molar-refractivity contribution in [3.05, 3.63) is 108 Å². The maximum atomic E-state index is 13.4. The van der Waals surface area contributed by atoms with Gasteiger partial charge in [0.15, 0.2) is 5.78 Å². The lowest BCUT2D eigenvalue weighted by Crippen LogP contribution is -2.30. The molecule has 0 aliphatic heterocycles. The Bertz CT molecular complexity index is 1020. The number of benzene rings is 3. The van der Waals surface area contributed by atoms with E-state index in [1.54, 1.807) is 0 Å². The van der Waals surface area contributed by atoms with Gasteiger partial charge in [0.05, 0.1) is 6.04 Å². The highest BCUT2D eigenvalue weighted by atomic mass is 16.1. The Hall–Kier alpha value is -3.17. The first kappa shape index (κ1) is 17.3. The third-order valence-corrected chi connectivity index (χ3v) is 4.85. The SMILES string of the molecule is O=C(c1c[nH]c2ccccc12)[C@@H](NCCc1ccccc1)c1ccccc1. The van der Waals surface area contributed by atoms with Crippen molar-refractivity contribution in [2.75, 3.05) is 6.54 Å². The van der Waals surface area contributed by atoms with E-state index in [2.05, 4.69) is 22.4 Å². The number of hydrogen-bond acceptors (Lipinski definition) is 2. The van der Waals surface area contributed by atoms with Gasteiger partial charge >= 0.3 is 0 Å². The van der Waals surface area contributed by atoms with E-state index in [4.69, 9.17) is 0 Å². The van der Waals surface area contributed by atoms with Gasteiger partial charge in [0.1, 0.15) is 0 Å². The fourth-order valence-corrected chi connectivity index (χ4v) is 3.44. The highest BCUT2D eigenvalue weighted by Gasteiger charge is 2.23. The average Bonchev–Trinajstić information content (AvgIpc) is 3.16. The zero-order chi connectivity index (χ0) is 18.5. The fourth-order valence-electron chi connectivity index (χ4n) is 3.44. The van der Waals surface area contributed by atoms with Crippen LogP contribution in [0.15, 0.2) is 91.1 Å². The summed E-state index contributed by atoms with van der Waals surface area (Å²) < 4.78 is 0. The summed E-state index contributed by atoms with van der Waals surface area (Å²) in [6.45, 7) is 0.734. The van der Waals surface area contributed by atoms with E-state index in [0.29, 0.717) is 0 Å². The maximum absolute atomic E-state index is 13.4. The second-order valence-electron chi connectivity index (χ2n) is 6.65. The molecule has 4 rings (SSSR count). The molecule has 0 amide bonds. The van der Waals surface area contributed by atoms with Crippen molar-refractivity contribution in [1.82, 2.24) is 10.3 Å². The zero-order valence-electron chi connectivity index (χ0n) is 15.1. The Kier molecular flexibility index (Phi) is 5.13. The molecule has 4 aromatic rings. The first-order valence-electron chi connectivity index (χ1n) is 9.25. The standard InChI is InChI=1S/C24H22N2O/c27-24(21-17-26-22-14-8-7-13-20(21)22)23(19-11-5-2-6-12-19)25-16-15-18-9-3-1-4-10-18/h1-14,17,23,25-26H,15-16H2/t23-/m0/s1. The molecule has 3 nitrogen and oxygen atoms in total. The summed E-state index contributed by atoms with van der Waals surface area (Å²) in [5.74, 6) is 0.0895. The highest BCUT2D eigenvalue weighted by molar-refractivity contribution is 6.10. The zero-order valence-corrected chi connectivity index (χ0v) is 15.1. The summed E-state index contributed by atoms with van der Waals surface area (Å²) in [7, 11) is 0. The molecule has 3 heteroatoms. The number of Topliss-reactive ketones (excluding diaryl/α,β-unsaturated/α-hetero) is 1. The van der Waals surface area contributed by atoms with Gasteiger partial charge in [-0.15, -0.1) is 0 Å². The van der Waals surface area contributed by atoms with E-state index in [-0.39, 0.29) is 11.8 Å². The van der Waals surface area contributed by atoms with Gasteiger partial charge in [-0.1, -0.05) is 78.9 Å². The Morgan fingerprint density at radius 3 is 2.30 bits per heavy atom. The molecule has 0 saturated carbocycles. The number of H-pyrrole nitrogens is 1. The molecule has 1 atom stereocenters. The lowest BCUT2D eigenvalue weighted by Gasteiger charge is -2.18. The maximum Gasteiger partial charge on any atom is 0.186 e. The number of carbonyl (C=O) groups is 1. The molecule has 2 N–H and O–H groups in total. The number of aromatic amines is 1. The Labute approximate surface area is 159 Å². The number of aromatic nitrogens is 1. The van der Waals surface area contributed by atoms with E-state index < -0.39 is 0 Å². The Morgan fingerprint density at radius 1 is 0.852 bits per heavy atom. The number of carbonyl (C=O) groups excluding carboxylic acids is 1. The minimum absolute atomic E-state index is 0.0895. The van der Waals surface area contributed by atoms with Crippen molar-refractivity contribution in [2.45, 2.75) is 12.5 Å². The van der Waals surface area contributed by atoms with Crippen molar-refractivity contribution >= 4 is 16.7 Å². The fraction of sp³-hybridized carbons (Fsp3) is 0.125. The van der Waals surface area contributed by atoms with Crippen molar-refractivity contribution in [3.8, 4) is 0 Å². The topological polar surface area (TPSA) is 44.9 Å². The van der Waals surface area contributed by atoms with E-state index in [1.165, 1.54) is 5.56 Å². The molecular weight excluding hydrogens is 332 g/mol. The van der Waals surface area contributed by atoms with Gasteiger partial charge in [0.2, 0.25) is 0 Å². The molecule has 3 aromatic carbocycles. The first-order valence-corrected chi connectivity index (χ1v) is 9.25. The van der Waals surface area contributed by atoms with Crippen LogP contribution in [0.3, 0.4) is 0 Å². The molecule has 0 bridgehead atoms. The van der Waals surface area contributed by atoms with Gasteiger partial charge in [-0.05, 0) is 23.6 Å². The molecule has 0 aliphatic carbocycles. The van der Waals surface area contributed by atoms with Crippen LogP contribution in [0, 0.1) is 0 Å². The molecule has 27 heavy (non-hydrogen) atoms.